The van der Waals surface area contributed by atoms with Crippen LogP contribution in [0.4, 0.5) is 0 Å². The highest BCUT2D eigenvalue weighted by molar-refractivity contribution is 5.87. The van der Waals surface area contributed by atoms with Crippen LogP contribution in [0.2, 0.25) is 0 Å². The molecule has 0 aliphatic carbocycles. The third-order valence-corrected chi connectivity index (χ3v) is 4.10. The third-order valence-electron chi connectivity index (χ3n) is 4.10. The summed E-state index contributed by atoms with van der Waals surface area (Å²) in [5.41, 5.74) is 1.63. The molecule has 1 heterocycles. The number of likely N-dealkylation sites (tertiary alicyclic amines) is 1. The van der Waals surface area contributed by atoms with Crippen molar-refractivity contribution in [2.45, 2.75) is 39.2 Å². The molecule has 2 rings (SSSR count). The Labute approximate surface area is 115 Å². The van der Waals surface area contributed by atoms with Crippen molar-refractivity contribution in [3.05, 3.63) is 35.4 Å². The summed E-state index contributed by atoms with van der Waals surface area (Å²) in [6.07, 6.45) is 3.57. The van der Waals surface area contributed by atoms with Crippen molar-refractivity contribution in [2.24, 2.45) is 5.92 Å². The van der Waals surface area contributed by atoms with E-state index in [1.54, 1.807) is 12.1 Å². The number of nitrogens with zero attached hydrogens (tertiary/aromatic N) is 1. The van der Waals surface area contributed by atoms with Gasteiger partial charge in [0.05, 0.1) is 5.56 Å². The quantitative estimate of drug-likeness (QED) is 0.905. The van der Waals surface area contributed by atoms with Crippen LogP contribution in [0.1, 0.15) is 42.6 Å². The van der Waals surface area contributed by atoms with Gasteiger partial charge in [-0.2, -0.15) is 0 Å². The number of aromatic carboxylic acids is 1. The van der Waals surface area contributed by atoms with Gasteiger partial charge in [-0.3, -0.25) is 0 Å². The number of carbonyl (C=O) groups is 1. The number of benzene rings is 1. The Morgan fingerprint density at radius 1 is 1.26 bits per heavy atom. The molecule has 1 fully saturated rings. The molecule has 3 heteroatoms. The van der Waals surface area contributed by atoms with Gasteiger partial charge in [-0.05, 0) is 69.8 Å². The Morgan fingerprint density at radius 3 is 2.32 bits per heavy atom. The number of hydrogen-bond acceptors (Lipinski definition) is 2. The Balaban J connectivity index is 1.87. The first-order chi connectivity index (χ1) is 9.06. The molecule has 0 bridgehead atoms. The van der Waals surface area contributed by atoms with Gasteiger partial charge < -0.3 is 10.0 Å². The van der Waals surface area contributed by atoms with E-state index >= 15 is 0 Å². The van der Waals surface area contributed by atoms with Gasteiger partial charge in [0.1, 0.15) is 0 Å². The van der Waals surface area contributed by atoms with Crippen molar-refractivity contribution in [3.63, 3.8) is 0 Å². The molecule has 1 saturated heterocycles. The standard InChI is InChI=1S/C16H23NO2/c1-12(2)17-9-7-14(8-10-17)11-13-3-5-15(6-4-13)16(18)19/h3-6,12,14H,7-11H2,1-2H3,(H,18,19). The first kappa shape index (κ1) is 14.1. The number of carboxylic acid groups (broad SMARTS) is 1. The molecule has 19 heavy (non-hydrogen) atoms. The SMILES string of the molecule is CC(C)N1CCC(Cc2ccc(C(=O)O)cc2)CC1. The van der Waals surface area contributed by atoms with Crippen LogP contribution < -0.4 is 0 Å². The van der Waals surface area contributed by atoms with E-state index in [1.165, 1.54) is 31.5 Å². The van der Waals surface area contributed by atoms with Crippen LogP contribution in [-0.2, 0) is 6.42 Å². The number of piperidine rings is 1. The van der Waals surface area contributed by atoms with E-state index in [0.717, 1.165) is 12.3 Å². The molecule has 0 radical (unpaired) electrons. The predicted molar refractivity (Wildman–Crippen MR) is 76.5 cm³/mol. The van der Waals surface area contributed by atoms with E-state index in [-0.39, 0.29) is 0 Å². The molecule has 104 valence electrons. The molecule has 1 aliphatic rings. The summed E-state index contributed by atoms with van der Waals surface area (Å²) >= 11 is 0. The van der Waals surface area contributed by atoms with Crippen LogP contribution >= 0.6 is 0 Å². The maximum absolute atomic E-state index is 10.8. The first-order valence-electron chi connectivity index (χ1n) is 7.12. The van der Waals surface area contributed by atoms with Gasteiger partial charge in [0.25, 0.3) is 0 Å². The monoisotopic (exact) mass is 261 g/mol. The van der Waals surface area contributed by atoms with Crippen LogP contribution in [-0.4, -0.2) is 35.1 Å². The van der Waals surface area contributed by atoms with E-state index in [0.29, 0.717) is 11.6 Å². The van der Waals surface area contributed by atoms with Crippen LogP contribution in [0.5, 0.6) is 0 Å². The smallest absolute Gasteiger partial charge is 0.335 e. The molecule has 0 spiro atoms. The van der Waals surface area contributed by atoms with E-state index in [9.17, 15) is 4.79 Å². The van der Waals surface area contributed by atoms with Crippen LogP contribution in [0, 0.1) is 5.92 Å². The normalized spacial score (nSPS) is 17.8. The minimum atomic E-state index is -0.850. The molecular formula is C16H23NO2. The van der Waals surface area contributed by atoms with Crippen LogP contribution in [0.3, 0.4) is 0 Å². The van der Waals surface area contributed by atoms with Crippen LogP contribution in [0.15, 0.2) is 24.3 Å². The summed E-state index contributed by atoms with van der Waals surface area (Å²) < 4.78 is 0. The lowest BCUT2D eigenvalue weighted by Gasteiger charge is -2.34. The molecule has 1 N–H and O–H groups in total. The zero-order chi connectivity index (χ0) is 13.8. The molecular weight excluding hydrogens is 238 g/mol. The second-order valence-corrected chi connectivity index (χ2v) is 5.78. The third kappa shape index (κ3) is 3.80. The average molecular weight is 261 g/mol. The van der Waals surface area contributed by atoms with E-state index in [4.69, 9.17) is 5.11 Å². The summed E-state index contributed by atoms with van der Waals surface area (Å²) in [5.74, 6) is -0.109. The molecule has 0 atom stereocenters. The minimum Gasteiger partial charge on any atom is -0.478 e. The summed E-state index contributed by atoms with van der Waals surface area (Å²) in [5, 5.41) is 8.87. The van der Waals surface area contributed by atoms with E-state index in [2.05, 4.69) is 18.7 Å². The maximum Gasteiger partial charge on any atom is 0.335 e. The number of hydrogen-bond donors (Lipinski definition) is 1. The fourth-order valence-corrected chi connectivity index (χ4v) is 2.79. The lowest BCUT2D eigenvalue weighted by Crippen LogP contribution is -2.38. The first-order valence-corrected chi connectivity index (χ1v) is 7.12. The number of rotatable bonds is 4. The largest absolute Gasteiger partial charge is 0.478 e. The second-order valence-electron chi connectivity index (χ2n) is 5.78. The van der Waals surface area contributed by atoms with Crippen LogP contribution in [0.25, 0.3) is 0 Å². The molecule has 0 unspecified atom stereocenters. The van der Waals surface area contributed by atoms with Gasteiger partial charge in [0, 0.05) is 6.04 Å². The molecule has 1 aromatic rings. The maximum atomic E-state index is 10.8. The van der Waals surface area contributed by atoms with E-state index < -0.39 is 5.97 Å². The van der Waals surface area contributed by atoms with Crippen molar-refractivity contribution in [1.82, 2.24) is 4.90 Å². The van der Waals surface area contributed by atoms with E-state index in [1.807, 2.05) is 12.1 Å². The Kier molecular flexibility index (Phi) is 4.59. The zero-order valence-electron chi connectivity index (χ0n) is 11.8. The summed E-state index contributed by atoms with van der Waals surface area (Å²) in [4.78, 5) is 13.3. The average Bonchev–Trinajstić information content (AvgIpc) is 2.40. The second kappa shape index (κ2) is 6.20. The van der Waals surface area contributed by atoms with Gasteiger partial charge in [0.15, 0.2) is 0 Å². The zero-order valence-corrected chi connectivity index (χ0v) is 11.8. The van der Waals surface area contributed by atoms with Gasteiger partial charge in [-0.1, -0.05) is 12.1 Å². The van der Waals surface area contributed by atoms with Crippen molar-refractivity contribution in [2.75, 3.05) is 13.1 Å². The lowest BCUT2D eigenvalue weighted by atomic mass is 9.89. The molecule has 0 saturated carbocycles. The minimum absolute atomic E-state index is 0.373. The van der Waals surface area contributed by atoms with Crippen molar-refractivity contribution in [1.29, 1.82) is 0 Å². The highest BCUT2D eigenvalue weighted by Crippen LogP contribution is 2.23. The Bertz CT molecular complexity index is 417. The van der Waals surface area contributed by atoms with Gasteiger partial charge >= 0.3 is 5.97 Å². The lowest BCUT2D eigenvalue weighted by molar-refractivity contribution is 0.0697. The highest BCUT2D eigenvalue weighted by atomic mass is 16.4. The molecule has 1 aromatic carbocycles. The summed E-state index contributed by atoms with van der Waals surface area (Å²) in [6, 6.07) is 7.98. The molecule has 0 aromatic heterocycles. The molecule has 1 aliphatic heterocycles. The van der Waals surface area contributed by atoms with Gasteiger partial charge in [-0.15, -0.1) is 0 Å². The van der Waals surface area contributed by atoms with Crippen molar-refractivity contribution in [3.8, 4) is 0 Å². The number of carboxylic acids is 1. The van der Waals surface area contributed by atoms with Crippen molar-refractivity contribution >= 4 is 5.97 Å². The summed E-state index contributed by atoms with van der Waals surface area (Å²) in [6.45, 7) is 6.89. The molecule has 0 amide bonds. The Morgan fingerprint density at radius 2 is 1.84 bits per heavy atom. The topological polar surface area (TPSA) is 40.5 Å². The fraction of sp³-hybridized carbons (Fsp3) is 0.562. The van der Waals surface area contributed by atoms with Crippen molar-refractivity contribution < 1.29 is 9.90 Å². The van der Waals surface area contributed by atoms with Gasteiger partial charge in [-0.25, -0.2) is 4.79 Å². The highest BCUT2D eigenvalue weighted by Gasteiger charge is 2.20. The summed E-state index contributed by atoms with van der Waals surface area (Å²) in [7, 11) is 0. The Hall–Kier alpha value is -1.35. The van der Waals surface area contributed by atoms with Gasteiger partial charge in [0.2, 0.25) is 0 Å². The molecule has 3 nitrogen and oxygen atoms in total. The predicted octanol–water partition coefficient (Wildman–Crippen LogP) is 3.05. The fourth-order valence-electron chi connectivity index (χ4n) is 2.79.